The van der Waals surface area contributed by atoms with Gasteiger partial charge in [-0.1, -0.05) is 38.2 Å². The van der Waals surface area contributed by atoms with Crippen LogP contribution < -0.4 is 0 Å². The van der Waals surface area contributed by atoms with Crippen molar-refractivity contribution in [2.75, 3.05) is 13.2 Å². The van der Waals surface area contributed by atoms with Crippen LogP contribution >= 0.6 is 0 Å². The van der Waals surface area contributed by atoms with E-state index in [1.807, 2.05) is 6.08 Å². The minimum Gasteiger partial charge on any atom is -0.391 e. The first kappa shape index (κ1) is 15.6. The first-order chi connectivity index (χ1) is 7.81. The molecule has 0 aliphatic carbocycles. The van der Waals surface area contributed by atoms with Crippen LogP contribution in [0.25, 0.3) is 0 Å². The van der Waals surface area contributed by atoms with Gasteiger partial charge in [-0.05, 0) is 19.3 Å². The van der Waals surface area contributed by atoms with Crippen LogP contribution in [-0.2, 0) is 4.74 Å². The van der Waals surface area contributed by atoms with Gasteiger partial charge in [-0.15, -0.1) is 6.58 Å². The smallest absolute Gasteiger partial charge is 0.177 e. The number of hydrogen-bond donors (Lipinski definition) is 2. The summed E-state index contributed by atoms with van der Waals surface area (Å²) in [7, 11) is 0. The topological polar surface area (TPSA) is 49.7 Å². The van der Waals surface area contributed by atoms with Gasteiger partial charge in [0.1, 0.15) is 0 Å². The molecule has 0 aromatic carbocycles. The zero-order valence-corrected chi connectivity index (χ0v) is 10.2. The molecular weight excluding hydrogens is 204 g/mol. The summed E-state index contributed by atoms with van der Waals surface area (Å²) in [5.41, 5.74) is 0. The molecule has 2 N–H and O–H groups in total. The van der Waals surface area contributed by atoms with Gasteiger partial charge in [-0.3, -0.25) is 0 Å². The first-order valence-corrected chi connectivity index (χ1v) is 6.32. The Labute approximate surface area is 99.1 Å². The Kier molecular flexibility index (Phi) is 12.4. The summed E-state index contributed by atoms with van der Waals surface area (Å²) < 4.78 is 4.95. The van der Waals surface area contributed by atoms with E-state index in [0.29, 0.717) is 6.61 Å². The lowest BCUT2D eigenvalue weighted by atomic mass is 10.1. The quantitative estimate of drug-likeness (QED) is 0.308. The van der Waals surface area contributed by atoms with Gasteiger partial charge >= 0.3 is 0 Å². The lowest BCUT2D eigenvalue weighted by molar-refractivity contribution is -0.125. The van der Waals surface area contributed by atoms with Crippen molar-refractivity contribution in [1.82, 2.24) is 0 Å². The molecule has 3 heteroatoms. The van der Waals surface area contributed by atoms with Crippen molar-refractivity contribution < 1.29 is 14.9 Å². The summed E-state index contributed by atoms with van der Waals surface area (Å²) in [6.07, 6.45) is 10.6. The zero-order chi connectivity index (χ0) is 12.1. The van der Waals surface area contributed by atoms with E-state index in [1.165, 1.54) is 32.1 Å². The molecule has 96 valence electrons. The van der Waals surface area contributed by atoms with Crippen LogP contribution in [0.5, 0.6) is 0 Å². The van der Waals surface area contributed by atoms with Crippen molar-refractivity contribution in [3.8, 4) is 0 Å². The van der Waals surface area contributed by atoms with Crippen molar-refractivity contribution in [3.05, 3.63) is 12.7 Å². The third kappa shape index (κ3) is 11.7. The van der Waals surface area contributed by atoms with Gasteiger partial charge in [-0.2, -0.15) is 0 Å². The molecule has 0 aromatic rings. The van der Waals surface area contributed by atoms with E-state index in [4.69, 9.17) is 14.9 Å². The summed E-state index contributed by atoms with van der Waals surface area (Å²) in [5.74, 6) is 0. The number of aliphatic hydroxyl groups is 2. The van der Waals surface area contributed by atoms with Crippen LogP contribution in [0.4, 0.5) is 0 Å². The van der Waals surface area contributed by atoms with Gasteiger partial charge in [-0.25, -0.2) is 0 Å². The standard InChI is InChI=1S/C13H26O3/c1-2-3-4-5-6-7-8-9-10-11-16-13(15)12-14/h2,13-15H,1,3-12H2. The Morgan fingerprint density at radius 2 is 1.56 bits per heavy atom. The minimum atomic E-state index is -1.00. The number of rotatable bonds is 12. The average molecular weight is 230 g/mol. The van der Waals surface area contributed by atoms with Crippen LogP contribution in [0.1, 0.15) is 51.4 Å². The second-order valence-electron chi connectivity index (χ2n) is 4.06. The Morgan fingerprint density at radius 3 is 2.12 bits per heavy atom. The molecule has 0 aromatic heterocycles. The van der Waals surface area contributed by atoms with Crippen LogP contribution in [0.2, 0.25) is 0 Å². The highest BCUT2D eigenvalue weighted by atomic mass is 16.6. The SMILES string of the molecule is C=CCCCCCCCCCOC(O)CO. The second-order valence-corrected chi connectivity index (χ2v) is 4.06. The van der Waals surface area contributed by atoms with Gasteiger partial charge in [0.15, 0.2) is 6.29 Å². The monoisotopic (exact) mass is 230 g/mol. The molecule has 0 aliphatic rings. The molecule has 16 heavy (non-hydrogen) atoms. The molecule has 1 unspecified atom stereocenters. The number of ether oxygens (including phenoxy) is 1. The Hall–Kier alpha value is -0.380. The molecule has 0 radical (unpaired) electrons. The van der Waals surface area contributed by atoms with Gasteiger partial charge in [0.05, 0.1) is 6.61 Å². The van der Waals surface area contributed by atoms with Crippen molar-refractivity contribution in [1.29, 1.82) is 0 Å². The molecule has 1 atom stereocenters. The molecule has 0 aliphatic heterocycles. The average Bonchev–Trinajstić information content (AvgIpc) is 2.31. The van der Waals surface area contributed by atoms with Crippen molar-refractivity contribution in [2.45, 2.75) is 57.7 Å². The summed E-state index contributed by atoms with van der Waals surface area (Å²) in [6.45, 7) is 3.92. The molecule has 3 nitrogen and oxygen atoms in total. The molecular formula is C13H26O3. The largest absolute Gasteiger partial charge is 0.391 e. The molecule has 0 amide bonds. The number of hydrogen-bond acceptors (Lipinski definition) is 3. The lowest BCUT2D eigenvalue weighted by Gasteiger charge is -2.08. The maximum absolute atomic E-state index is 8.90. The summed E-state index contributed by atoms with van der Waals surface area (Å²) in [4.78, 5) is 0. The van der Waals surface area contributed by atoms with E-state index in [-0.39, 0.29) is 6.61 Å². The molecule has 0 heterocycles. The summed E-state index contributed by atoms with van der Waals surface area (Å²) >= 11 is 0. The third-order valence-electron chi connectivity index (χ3n) is 2.52. The highest BCUT2D eigenvalue weighted by Crippen LogP contribution is 2.08. The molecule has 0 rings (SSSR count). The van der Waals surface area contributed by atoms with Gasteiger partial charge in [0, 0.05) is 6.61 Å². The Balaban J connectivity index is 2.96. The van der Waals surface area contributed by atoms with E-state index < -0.39 is 6.29 Å². The third-order valence-corrected chi connectivity index (χ3v) is 2.52. The summed E-state index contributed by atoms with van der Waals surface area (Å²) in [5, 5.41) is 17.4. The van der Waals surface area contributed by atoms with Crippen molar-refractivity contribution in [2.24, 2.45) is 0 Å². The maximum Gasteiger partial charge on any atom is 0.177 e. The Morgan fingerprint density at radius 1 is 1.00 bits per heavy atom. The molecule has 0 bridgehead atoms. The van der Waals surface area contributed by atoms with Crippen LogP contribution in [0, 0.1) is 0 Å². The fourth-order valence-electron chi connectivity index (χ4n) is 1.55. The number of aliphatic hydroxyl groups excluding tert-OH is 2. The predicted molar refractivity (Wildman–Crippen MR) is 66.2 cm³/mol. The van der Waals surface area contributed by atoms with Crippen LogP contribution in [0.3, 0.4) is 0 Å². The summed E-state index contributed by atoms with van der Waals surface area (Å²) in [6, 6.07) is 0. The highest BCUT2D eigenvalue weighted by molar-refractivity contribution is 4.65. The normalized spacial score (nSPS) is 12.6. The molecule has 0 fully saturated rings. The van der Waals surface area contributed by atoms with Gasteiger partial charge < -0.3 is 14.9 Å². The molecule has 0 saturated heterocycles. The van der Waals surface area contributed by atoms with Gasteiger partial charge in [0.2, 0.25) is 0 Å². The number of unbranched alkanes of at least 4 members (excludes halogenated alkanes) is 7. The van der Waals surface area contributed by atoms with Crippen LogP contribution in [-0.4, -0.2) is 29.7 Å². The minimum absolute atomic E-state index is 0.316. The fourth-order valence-corrected chi connectivity index (χ4v) is 1.55. The Bertz CT molecular complexity index is 148. The van der Waals surface area contributed by atoms with Crippen LogP contribution in [0.15, 0.2) is 12.7 Å². The van der Waals surface area contributed by atoms with E-state index in [1.54, 1.807) is 0 Å². The van der Waals surface area contributed by atoms with Crippen molar-refractivity contribution >= 4 is 0 Å². The lowest BCUT2D eigenvalue weighted by Crippen LogP contribution is -2.16. The van der Waals surface area contributed by atoms with Crippen molar-refractivity contribution in [3.63, 3.8) is 0 Å². The highest BCUT2D eigenvalue weighted by Gasteiger charge is 1.99. The van der Waals surface area contributed by atoms with E-state index in [2.05, 4.69) is 6.58 Å². The van der Waals surface area contributed by atoms with E-state index in [9.17, 15) is 0 Å². The molecule has 0 spiro atoms. The maximum atomic E-state index is 8.90. The van der Waals surface area contributed by atoms with E-state index >= 15 is 0 Å². The fraction of sp³-hybridized carbons (Fsp3) is 0.846. The second kappa shape index (κ2) is 12.7. The predicted octanol–water partition coefficient (Wildman–Crippen LogP) is 2.62. The van der Waals surface area contributed by atoms with E-state index in [0.717, 1.165) is 19.3 Å². The van der Waals surface area contributed by atoms with Gasteiger partial charge in [0.25, 0.3) is 0 Å². The number of allylic oxidation sites excluding steroid dienone is 1. The molecule has 0 saturated carbocycles. The zero-order valence-electron chi connectivity index (χ0n) is 10.2. The first-order valence-electron chi connectivity index (χ1n) is 6.32.